The highest BCUT2D eigenvalue weighted by Gasteiger charge is 2.22. The zero-order valence-corrected chi connectivity index (χ0v) is 31.2. The van der Waals surface area contributed by atoms with Gasteiger partial charge in [-0.05, 0) is 114 Å². The summed E-state index contributed by atoms with van der Waals surface area (Å²) in [5.41, 5.74) is 15.7. The first-order chi connectivity index (χ1) is 26.7. The van der Waals surface area contributed by atoms with Gasteiger partial charge >= 0.3 is 0 Å². The van der Waals surface area contributed by atoms with Gasteiger partial charge in [0.05, 0.1) is 5.52 Å². The van der Waals surface area contributed by atoms with E-state index in [2.05, 4.69) is 216 Å². The summed E-state index contributed by atoms with van der Waals surface area (Å²) in [7, 11) is 2.16. The van der Waals surface area contributed by atoms with Gasteiger partial charge in [0.1, 0.15) is 0 Å². The van der Waals surface area contributed by atoms with E-state index in [1.807, 2.05) is 13.8 Å². The molecule has 0 radical (unpaired) electrons. The number of allylic oxidation sites excluding steroid dienone is 1. The normalized spacial score (nSPS) is 11.8. The average molecular weight is 700 g/mol. The highest BCUT2D eigenvalue weighted by Crippen LogP contribution is 2.43. The SMILES string of the molecule is CC.CN(c1ccccc1)c1ccc(N(c2ccccc2)c2ccccc2)cc1-c1ccc(-c2cccc3c2c2c(n3-c3ccccc3)C=CCC2)cc1. The summed E-state index contributed by atoms with van der Waals surface area (Å²) in [5.74, 6) is 0. The standard InChI is InChI=1S/C49H39N3.C2H6/c1-50(38-17-6-2-7-18-38)46-34-33-42(51(39-19-8-3-9-20-39)40-21-10-4-11-22-40)35-45(46)37-31-29-36(30-32-37)43-26-16-28-48-49(43)44-25-14-15-27-47(44)52(48)41-23-12-5-13-24-41;1-2/h2-13,15-24,26-35H,14,25H2,1H3;1-2H3. The van der Waals surface area contributed by atoms with Crippen LogP contribution in [0.2, 0.25) is 0 Å². The Morgan fingerprint density at radius 3 is 1.67 bits per heavy atom. The lowest BCUT2D eigenvalue weighted by Crippen LogP contribution is -2.13. The number of hydrogen-bond acceptors (Lipinski definition) is 2. The van der Waals surface area contributed by atoms with E-state index in [0.29, 0.717) is 0 Å². The molecule has 1 aromatic heterocycles. The van der Waals surface area contributed by atoms with Gasteiger partial charge in [0.25, 0.3) is 0 Å². The molecule has 0 atom stereocenters. The summed E-state index contributed by atoms with van der Waals surface area (Å²) >= 11 is 0. The van der Waals surface area contributed by atoms with Gasteiger partial charge in [-0.25, -0.2) is 0 Å². The predicted octanol–water partition coefficient (Wildman–Crippen LogP) is 14.2. The van der Waals surface area contributed by atoms with Crippen molar-refractivity contribution in [3.8, 4) is 27.9 Å². The molecular formula is C51H45N3. The number of aromatic nitrogens is 1. The van der Waals surface area contributed by atoms with Crippen LogP contribution in [0, 0.1) is 0 Å². The lowest BCUT2D eigenvalue weighted by Gasteiger charge is -2.28. The summed E-state index contributed by atoms with van der Waals surface area (Å²) in [6.07, 6.45) is 6.72. The van der Waals surface area contributed by atoms with Crippen molar-refractivity contribution in [3.05, 3.63) is 199 Å². The first kappa shape index (κ1) is 34.5. The van der Waals surface area contributed by atoms with Crippen molar-refractivity contribution in [2.24, 2.45) is 0 Å². The molecule has 0 bridgehead atoms. The molecule has 54 heavy (non-hydrogen) atoms. The molecule has 0 spiro atoms. The molecule has 0 fully saturated rings. The van der Waals surface area contributed by atoms with Crippen LogP contribution >= 0.6 is 0 Å². The lowest BCUT2D eigenvalue weighted by atomic mass is 9.93. The summed E-state index contributed by atoms with van der Waals surface area (Å²) in [4.78, 5) is 4.62. The fourth-order valence-electron chi connectivity index (χ4n) is 7.79. The predicted molar refractivity (Wildman–Crippen MR) is 232 cm³/mol. The molecule has 0 saturated carbocycles. The molecule has 0 aliphatic heterocycles. The Kier molecular flexibility index (Phi) is 9.95. The van der Waals surface area contributed by atoms with E-state index in [-0.39, 0.29) is 0 Å². The molecule has 3 nitrogen and oxygen atoms in total. The Morgan fingerprint density at radius 1 is 0.500 bits per heavy atom. The molecule has 8 aromatic rings. The van der Waals surface area contributed by atoms with Crippen molar-refractivity contribution in [3.63, 3.8) is 0 Å². The number of para-hydroxylation sites is 4. The van der Waals surface area contributed by atoms with Crippen molar-refractivity contribution in [1.82, 2.24) is 4.57 Å². The van der Waals surface area contributed by atoms with Crippen molar-refractivity contribution in [1.29, 1.82) is 0 Å². The summed E-state index contributed by atoms with van der Waals surface area (Å²) in [6.45, 7) is 4.00. The molecule has 0 amide bonds. The molecule has 9 rings (SSSR count). The molecule has 1 aliphatic carbocycles. The zero-order valence-electron chi connectivity index (χ0n) is 31.2. The average Bonchev–Trinajstić information content (AvgIpc) is 3.60. The van der Waals surface area contributed by atoms with E-state index in [1.54, 1.807) is 0 Å². The van der Waals surface area contributed by atoms with Crippen LogP contribution in [0.5, 0.6) is 0 Å². The number of hydrogen-bond donors (Lipinski definition) is 0. The molecule has 0 saturated heterocycles. The van der Waals surface area contributed by atoms with Crippen LogP contribution in [0.4, 0.5) is 28.4 Å². The van der Waals surface area contributed by atoms with Crippen LogP contribution in [0.1, 0.15) is 31.5 Å². The third-order valence-electron chi connectivity index (χ3n) is 10.3. The maximum absolute atomic E-state index is 2.43. The highest BCUT2D eigenvalue weighted by molar-refractivity contribution is 6.02. The Labute approximate surface area is 319 Å². The molecule has 264 valence electrons. The Bertz CT molecular complexity index is 2460. The van der Waals surface area contributed by atoms with Crippen molar-refractivity contribution >= 4 is 45.4 Å². The second-order valence-corrected chi connectivity index (χ2v) is 13.4. The van der Waals surface area contributed by atoms with Gasteiger partial charge in [-0.1, -0.05) is 129 Å². The number of aryl methyl sites for hydroxylation is 1. The van der Waals surface area contributed by atoms with Crippen molar-refractivity contribution in [2.45, 2.75) is 26.7 Å². The van der Waals surface area contributed by atoms with Gasteiger partial charge in [-0.15, -0.1) is 0 Å². The molecule has 1 heterocycles. The third kappa shape index (κ3) is 6.50. The van der Waals surface area contributed by atoms with Crippen molar-refractivity contribution in [2.75, 3.05) is 16.8 Å². The fraction of sp³-hybridized carbons (Fsp3) is 0.0980. The Hall–Kier alpha value is -6.58. The second-order valence-electron chi connectivity index (χ2n) is 13.4. The number of rotatable bonds is 8. The number of nitrogens with zero attached hydrogens (tertiary/aromatic N) is 3. The molecule has 0 unspecified atom stereocenters. The van der Waals surface area contributed by atoms with Crippen LogP contribution < -0.4 is 9.80 Å². The highest BCUT2D eigenvalue weighted by atomic mass is 15.1. The Balaban J connectivity index is 0.00000203. The van der Waals surface area contributed by atoms with Crippen LogP contribution in [0.15, 0.2) is 188 Å². The summed E-state index contributed by atoms with van der Waals surface area (Å²) in [6, 6.07) is 65.4. The number of benzene rings is 7. The van der Waals surface area contributed by atoms with Gasteiger partial charge in [-0.2, -0.15) is 0 Å². The topological polar surface area (TPSA) is 11.4 Å². The summed E-state index contributed by atoms with van der Waals surface area (Å²) < 4.78 is 2.43. The van der Waals surface area contributed by atoms with E-state index >= 15 is 0 Å². The minimum absolute atomic E-state index is 1.04. The molecule has 7 aromatic carbocycles. The first-order valence-corrected chi connectivity index (χ1v) is 19.1. The summed E-state index contributed by atoms with van der Waals surface area (Å²) in [5, 5.41) is 1.35. The van der Waals surface area contributed by atoms with E-state index in [0.717, 1.165) is 41.3 Å². The first-order valence-electron chi connectivity index (χ1n) is 19.1. The van der Waals surface area contributed by atoms with Crippen LogP contribution in [-0.2, 0) is 6.42 Å². The molecule has 0 N–H and O–H groups in total. The Morgan fingerprint density at radius 2 is 1.06 bits per heavy atom. The quantitative estimate of drug-likeness (QED) is 0.156. The molecule has 1 aliphatic rings. The molecular weight excluding hydrogens is 655 g/mol. The van der Waals surface area contributed by atoms with Gasteiger partial charge in [0.15, 0.2) is 0 Å². The molecule has 3 heteroatoms. The minimum Gasteiger partial charge on any atom is -0.344 e. The smallest absolute Gasteiger partial charge is 0.0543 e. The third-order valence-corrected chi connectivity index (χ3v) is 10.3. The number of fused-ring (bicyclic) bond motifs is 3. The minimum atomic E-state index is 1.04. The van der Waals surface area contributed by atoms with E-state index < -0.39 is 0 Å². The van der Waals surface area contributed by atoms with E-state index in [1.165, 1.54) is 50.1 Å². The van der Waals surface area contributed by atoms with Crippen LogP contribution in [0.25, 0.3) is 44.9 Å². The van der Waals surface area contributed by atoms with Gasteiger partial charge < -0.3 is 14.4 Å². The van der Waals surface area contributed by atoms with E-state index in [4.69, 9.17) is 0 Å². The fourth-order valence-corrected chi connectivity index (χ4v) is 7.79. The van der Waals surface area contributed by atoms with Crippen LogP contribution in [-0.4, -0.2) is 11.6 Å². The van der Waals surface area contributed by atoms with Gasteiger partial charge in [0, 0.05) is 57.8 Å². The van der Waals surface area contributed by atoms with Crippen LogP contribution in [0.3, 0.4) is 0 Å². The maximum atomic E-state index is 2.43. The van der Waals surface area contributed by atoms with Gasteiger partial charge in [0.2, 0.25) is 0 Å². The lowest BCUT2D eigenvalue weighted by molar-refractivity contribution is 0.968. The maximum Gasteiger partial charge on any atom is 0.0543 e. The second kappa shape index (κ2) is 15.6. The number of anilines is 5. The zero-order chi connectivity index (χ0) is 36.9. The van der Waals surface area contributed by atoms with Crippen molar-refractivity contribution < 1.29 is 0 Å². The monoisotopic (exact) mass is 699 g/mol. The van der Waals surface area contributed by atoms with Gasteiger partial charge in [-0.3, -0.25) is 0 Å². The largest absolute Gasteiger partial charge is 0.344 e. The van der Waals surface area contributed by atoms with E-state index in [9.17, 15) is 0 Å².